The number of fused-ring (bicyclic) bond motifs is 2. The molecule has 1 amide bonds. The minimum atomic E-state index is 0.0480. The van der Waals surface area contributed by atoms with E-state index in [0.717, 1.165) is 46.4 Å². The Morgan fingerprint density at radius 1 is 1.26 bits per heavy atom. The predicted molar refractivity (Wildman–Crippen MR) is 123 cm³/mol. The molecule has 31 heavy (non-hydrogen) atoms. The number of amides is 1. The Balaban J connectivity index is 1.42. The summed E-state index contributed by atoms with van der Waals surface area (Å²) in [6.07, 6.45) is 3.34. The van der Waals surface area contributed by atoms with Crippen LogP contribution in [0.1, 0.15) is 40.8 Å². The summed E-state index contributed by atoms with van der Waals surface area (Å²) in [7, 11) is 5.62. The minimum absolute atomic E-state index is 0.0480. The number of methoxy groups -OCH3 is 1. The smallest absolute Gasteiger partial charge is 0.242 e. The number of nitrogens with one attached hydrogen (secondary N) is 1. The molecule has 0 atom stereocenters. The summed E-state index contributed by atoms with van der Waals surface area (Å²) in [5.74, 6) is 0.623. The first kappa shape index (κ1) is 21.2. The highest BCUT2D eigenvalue weighted by Gasteiger charge is 2.19. The van der Waals surface area contributed by atoms with E-state index in [2.05, 4.69) is 47.5 Å². The second-order valence-electron chi connectivity index (χ2n) is 8.40. The predicted octanol–water partition coefficient (Wildman–Crippen LogP) is 3.23. The monoisotopic (exact) mass is 421 g/mol. The van der Waals surface area contributed by atoms with Gasteiger partial charge in [0.1, 0.15) is 0 Å². The second kappa shape index (κ2) is 8.57. The maximum atomic E-state index is 12.6. The van der Waals surface area contributed by atoms with Crippen LogP contribution in [0, 0.1) is 13.8 Å². The third-order valence-corrected chi connectivity index (χ3v) is 6.30. The van der Waals surface area contributed by atoms with E-state index in [1.165, 1.54) is 17.7 Å². The van der Waals surface area contributed by atoms with E-state index in [9.17, 15) is 4.79 Å². The molecule has 0 saturated heterocycles. The summed E-state index contributed by atoms with van der Waals surface area (Å²) >= 11 is 0. The molecule has 2 aromatic heterocycles. The number of rotatable bonds is 6. The van der Waals surface area contributed by atoms with Crippen LogP contribution in [-0.2, 0) is 31.2 Å². The molecule has 0 fully saturated rings. The zero-order valence-corrected chi connectivity index (χ0v) is 19.1. The number of hydrogen-bond donors (Lipinski definition) is 1. The summed E-state index contributed by atoms with van der Waals surface area (Å²) < 4.78 is 7.17. The van der Waals surface area contributed by atoms with Crippen LogP contribution in [0.3, 0.4) is 0 Å². The molecule has 0 aliphatic carbocycles. The molecule has 4 rings (SSSR count). The highest BCUT2D eigenvalue weighted by atomic mass is 16.5. The zero-order chi connectivity index (χ0) is 22.1. The van der Waals surface area contributed by atoms with Crippen LogP contribution >= 0.6 is 0 Å². The number of hydrogen-bond acceptors (Lipinski definition) is 5. The fourth-order valence-electron chi connectivity index (χ4n) is 4.58. The molecule has 7 heteroatoms. The molecule has 3 aromatic rings. The second-order valence-corrected chi connectivity index (χ2v) is 8.40. The molecular formula is C24H31N5O2. The van der Waals surface area contributed by atoms with Gasteiger partial charge in [0.15, 0.2) is 5.65 Å². The lowest BCUT2D eigenvalue weighted by molar-refractivity contribution is -0.121. The van der Waals surface area contributed by atoms with Gasteiger partial charge in [0.2, 0.25) is 11.8 Å². The Kier molecular flexibility index (Phi) is 5.85. The fraction of sp³-hybridized carbons (Fsp3) is 0.458. The van der Waals surface area contributed by atoms with Crippen LogP contribution in [0.4, 0.5) is 5.69 Å². The summed E-state index contributed by atoms with van der Waals surface area (Å²) in [5.41, 5.74) is 7.74. The van der Waals surface area contributed by atoms with Crippen LogP contribution < -0.4 is 15.0 Å². The lowest BCUT2D eigenvalue weighted by atomic mass is 9.99. The highest BCUT2D eigenvalue weighted by Crippen LogP contribution is 2.30. The number of carbonyl (C=O) groups excluding carboxylic acids is 1. The number of nitrogens with zero attached hydrogens (tertiary/aromatic N) is 4. The van der Waals surface area contributed by atoms with Crippen molar-refractivity contribution in [2.75, 3.05) is 25.6 Å². The molecule has 164 valence electrons. The Morgan fingerprint density at radius 2 is 2.06 bits per heavy atom. The van der Waals surface area contributed by atoms with Crippen molar-refractivity contribution in [1.29, 1.82) is 0 Å². The average Bonchev–Trinajstić information content (AvgIpc) is 3.07. The van der Waals surface area contributed by atoms with Gasteiger partial charge in [-0.2, -0.15) is 0 Å². The molecule has 1 N–H and O–H groups in total. The molecule has 3 heterocycles. The molecule has 1 aliphatic rings. The van der Waals surface area contributed by atoms with E-state index in [1.807, 2.05) is 14.0 Å². The average molecular weight is 422 g/mol. The van der Waals surface area contributed by atoms with Gasteiger partial charge in [0.25, 0.3) is 0 Å². The number of carbonyl (C=O) groups is 1. The number of aryl methyl sites for hydroxylation is 4. The number of benzene rings is 1. The highest BCUT2D eigenvalue weighted by molar-refractivity contribution is 5.86. The molecule has 0 radical (unpaired) electrons. The Bertz CT molecular complexity index is 1130. The van der Waals surface area contributed by atoms with Gasteiger partial charge in [-0.3, -0.25) is 4.79 Å². The molecule has 0 spiro atoms. The molecule has 0 saturated carbocycles. The van der Waals surface area contributed by atoms with Gasteiger partial charge < -0.3 is 15.0 Å². The van der Waals surface area contributed by atoms with Gasteiger partial charge in [-0.15, -0.1) is 5.10 Å². The van der Waals surface area contributed by atoms with E-state index >= 15 is 0 Å². The Morgan fingerprint density at radius 3 is 2.84 bits per heavy atom. The van der Waals surface area contributed by atoms with Crippen LogP contribution in [0.25, 0.3) is 11.0 Å². The van der Waals surface area contributed by atoms with Crippen molar-refractivity contribution in [2.24, 2.45) is 7.05 Å². The number of pyridine rings is 1. The topological polar surface area (TPSA) is 72.3 Å². The molecule has 0 unspecified atom stereocenters. The summed E-state index contributed by atoms with van der Waals surface area (Å²) in [4.78, 5) is 19.6. The van der Waals surface area contributed by atoms with Crippen LogP contribution in [0.15, 0.2) is 18.2 Å². The Labute approximate surface area is 183 Å². The first-order valence-corrected chi connectivity index (χ1v) is 10.9. The zero-order valence-electron chi connectivity index (χ0n) is 19.1. The van der Waals surface area contributed by atoms with Crippen molar-refractivity contribution in [1.82, 2.24) is 20.1 Å². The van der Waals surface area contributed by atoms with Crippen molar-refractivity contribution < 1.29 is 9.53 Å². The van der Waals surface area contributed by atoms with E-state index in [1.54, 1.807) is 11.8 Å². The van der Waals surface area contributed by atoms with Gasteiger partial charge >= 0.3 is 0 Å². The fourth-order valence-corrected chi connectivity index (χ4v) is 4.58. The quantitative estimate of drug-likeness (QED) is 0.662. The molecule has 7 nitrogen and oxygen atoms in total. The van der Waals surface area contributed by atoms with Gasteiger partial charge in [-0.1, -0.05) is 12.1 Å². The van der Waals surface area contributed by atoms with E-state index in [0.29, 0.717) is 25.3 Å². The molecule has 0 bridgehead atoms. The summed E-state index contributed by atoms with van der Waals surface area (Å²) in [6, 6.07) is 6.51. The summed E-state index contributed by atoms with van der Waals surface area (Å²) in [6.45, 7) is 5.71. The SMILES string of the molecule is COc1nn(C)c2nc(C)c(CCC(=O)NCc3ccc4c(c3)CCCN4C)c(C)c12. The molecule has 1 aliphatic heterocycles. The van der Waals surface area contributed by atoms with Crippen molar-refractivity contribution in [2.45, 2.75) is 46.1 Å². The number of anilines is 1. The molecule has 1 aromatic carbocycles. The first-order valence-electron chi connectivity index (χ1n) is 10.9. The lowest BCUT2D eigenvalue weighted by Crippen LogP contribution is -2.26. The minimum Gasteiger partial charge on any atom is -0.479 e. The third-order valence-electron chi connectivity index (χ3n) is 6.30. The summed E-state index contributed by atoms with van der Waals surface area (Å²) in [5, 5.41) is 8.39. The number of ether oxygens (including phenoxy) is 1. The van der Waals surface area contributed by atoms with Gasteiger partial charge in [-0.05, 0) is 61.4 Å². The van der Waals surface area contributed by atoms with Crippen LogP contribution in [-0.4, -0.2) is 41.4 Å². The standard InChI is InChI=1S/C24H31N5O2/c1-15-19(16(2)26-23-22(15)24(31-5)27-29(23)4)9-11-21(30)25-14-17-8-10-20-18(13-17)7-6-12-28(20)3/h8,10,13H,6-7,9,11-12,14H2,1-5H3,(H,25,30). The van der Waals surface area contributed by atoms with Crippen molar-refractivity contribution >= 4 is 22.6 Å². The van der Waals surface area contributed by atoms with E-state index in [4.69, 9.17) is 9.72 Å². The van der Waals surface area contributed by atoms with E-state index in [-0.39, 0.29) is 5.91 Å². The lowest BCUT2D eigenvalue weighted by Gasteiger charge is -2.27. The van der Waals surface area contributed by atoms with Crippen molar-refractivity contribution in [3.63, 3.8) is 0 Å². The normalized spacial score (nSPS) is 13.4. The third kappa shape index (κ3) is 4.09. The van der Waals surface area contributed by atoms with Crippen LogP contribution in [0.2, 0.25) is 0 Å². The van der Waals surface area contributed by atoms with Crippen molar-refractivity contribution in [3.05, 3.63) is 46.1 Å². The number of aromatic nitrogens is 3. The van der Waals surface area contributed by atoms with E-state index < -0.39 is 0 Å². The molecular weight excluding hydrogens is 390 g/mol. The van der Waals surface area contributed by atoms with Crippen LogP contribution in [0.5, 0.6) is 5.88 Å². The first-order chi connectivity index (χ1) is 14.9. The van der Waals surface area contributed by atoms with Gasteiger partial charge in [0.05, 0.1) is 12.5 Å². The van der Waals surface area contributed by atoms with Crippen molar-refractivity contribution in [3.8, 4) is 5.88 Å². The Hall–Kier alpha value is -3.09. The maximum absolute atomic E-state index is 12.6. The van der Waals surface area contributed by atoms with Gasteiger partial charge in [0, 0.05) is 45.0 Å². The van der Waals surface area contributed by atoms with Gasteiger partial charge in [-0.25, -0.2) is 9.67 Å². The maximum Gasteiger partial charge on any atom is 0.242 e. The largest absolute Gasteiger partial charge is 0.479 e.